The lowest BCUT2D eigenvalue weighted by Gasteiger charge is -2.19. The summed E-state index contributed by atoms with van der Waals surface area (Å²) in [4.78, 5) is 36.0. The monoisotopic (exact) mass is 554 g/mol. The van der Waals surface area contributed by atoms with Gasteiger partial charge in [0, 0.05) is 13.6 Å². The molecule has 0 aliphatic rings. The molecule has 208 valence electrons. The molecule has 3 rings (SSSR count). The number of anilines is 1. The van der Waals surface area contributed by atoms with Crippen LogP contribution >= 0.6 is 0 Å². The topological polar surface area (TPSA) is 155 Å². The zero-order chi connectivity index (χ0) is 30.2. The van der Waals surface area contributed by atoms with Crippen molar-refractivity contribution in [2.45, 2.75) is 20.0 Å². The van der Waals surface area contributed by atoms with Crippen LogP contribution in [0.3, 0.4) is 0 Å². The molecule has 0 unspecified atom stereocenters. The number of halogens is 3. The van der Waals surface area contributed by atoms with Gasteiger partial charge < -0.3 is 20.4 Å². The number of benzene rings is 3. The maximum Gasteiger partial charge on any atom is 0.417 e. The Morgan fingerprint density at radius 2 is 1.68 bits per heavy atom. The van der Waals surface area contributed by atoms with Crippen molar-refractivity contribution in [1.29, 1.82) is 10.7 Å². The van der Waals surface area contributed by atoms with Gasteiger partial charge in [0.2, 0.25) is 0 Å². The number of phenols is 1. The van der Waals surface area contributed by atoms with Crippen molar-refractivity contribution in [3.05, 3.63) is 82.9 Å². The predicted molar refractivity (Wildman–Crippen MR) is 141 cm³/mol. The number of aromatic hydroxyl groups is 1. The van der Waals surface area contributed by atoms with Crippen LogP contribution in [0.25, 0.3) is 11.1 Å². The molecule has 4 N–H and O–H groups in total. The summed E-state index contributed by atoms with van der Waals surface area (Å²) in [6.07, 6.45) is -4.54. The summed E-state index contributed by atoms with van der Waals surface area (Å²) in [6, 6.07) is 14.5. The molecule has 0 aliphatic heterocycles. The van der Waals surface area contributed by atoms with Crippen molar-refractivity contribution in [2.75, 3.05) is 18.9 Å². The van der Waals surface area contributed by atoms with Crippen molar-refractivity contribution in [1.82, 2.24) is 4.90 Å². The standard InChI is InChI=1S/C17H16F3NO2.C11H9N3O3/c1-3-21(2)16(23)14-10-11(22)8-9-12(14)13-6-4-5-7-15(13)17(18,19)20;1-6(13)10(15)14-9-3-2-7(5-12)4-8(9)11(16)17/h4-10,22H,3H2,1-2H3;2-4,13H,1H3,(H,14,15)(H,16,17). The molecule has 0 bridgehead atoms. The van der Waals surface area contributed by atoms with E-state index in [1.807, 2.05) is 6.07 Å². The van der Waals surface area contributed by atoms with Crippen LogP contribution in [-0.2, 0) is 11.0 Å². The number of phenolic OH excluding ortho intramolecular Hbond substituents is 1. The molecule has 0 radical (unpaired) electrons. The van der Waals surface area contributed by atoms with Gasteiger partial charge in [-0.05, 0) is 67.4 Å². The van der Waals surface area contributed by atoms with Crippen molar-refractivity contribution in [3.63, 3.8) is 0 Å². The van der Waals surface area contributed by atoms with E-state index in [2.05, 4.69) is 5.32 Å². The summed E-state index contributed by atoms with van der Waals surface area (Å²) in [5.74, 6) is -2.56. The minimum absolute atomic E-state index is 0.0334. The van der Waals surface area contributed by atoms with Gasteiger partial charge in [0.25, 0.3) is 11.8 Å². The van der Waals surface area contributed by atoms with E-state index in [1.54, 1.807) is 14.0 Å². The van der Waals surface area contributed by atoms with Crippen LogP contribution in [0, 0.1) is 16.7 Å². The average Bonchev–Trinajstić information content (AvgIpc) is 2.92. The van der Waals surface area contributed by atoms with Crippen LogP contribution in [0.15, 0.2) is 60.7 Å². The normalized spacial score (nSPS) is 10.4. The van der Waals surface area contributed by atoms with Gasteiger partial charge in [-0.2, -0.15) is 18.4 Å². The van der Waals surface area contributed by atoms with Crippen LogP contribution in [0.1, 0.15) is 45.7 Å². The summed E-state index contributed by atoms with van der Waals surface area (Å²) < 4.78 is 39.7. The van der Waals surface area contributed by atoms with Gasteiger partial charge in [-0.3, -0.25) is 15.0 Å². The molecule has 3 aromatic carbocycles. The number of nitriles is 1. The first kappa shape index (κ1) is 31.0. The second kappa shape index (κ2) is 13.1. The van der Waals surface area contributed by atoms with Crippen LogP contribution in [-0.4, -0.2) is 52.2 Å². The fourth-order valence-corrected chi connectivity index (χ4v) is 3.37. The molecule has 0 atom stereocenters. The molecule has 40 heavy (non-hydrogen) atoms. The van der Waals surface area contributed by atoms with E-state index in [1.165, 1.54) is 60.4 Å². The van der Waals surface area contributed by atoms with Crippen LogP contribution in [0.4, 0.5) is 18.9 Å². The number of hydrogen-bond acceptors (Lipinski definition) is 6. The molecule has 9 nitrogen and oxygen atoms in total. The third-order valence-corrected chi connectivity index (χ3v) is 5.55. The van der Waals surface area contributed by atoms with E-state index in [4.69, 9.17) is 15.8 Å². The Labute approximate surface area is 227 Å². The SMILES string of the molecule is CC(=N)C(=O)Nc1ccc(C#N)cc1C(=O)O.CCN(C)C(=O)c1cc(O)ccc1-c1ccccc1C(F)(F)F. The van der Waals surface area contributed by atoms with Crippen LogP contribution in [0.2, 0.25) is 0 Å². The predicted octanol–water partition coefficient (Wildman–Crippen LogP) is 5.40. The summed E-state index contributed by atoms with van der Waals surface area (Å²) in [6.45, 7) is 3.44. The van der Waals surface area contributed by atoms with E-state index < -0.39 is 29.5 Å². The number of amides is 2. The van der Waals surface area contributed by atoms with Crippen molar-refractivity contribution in [3.8, 4) is 22.9 Å². The number of nitrogens with zero attached hydrogens (tertiary/aromatic N) is 2. The zero-order valence-corrected chi connectivity index (χ0v) is 21.6. The molecule has 0 heterocycles. The fourth-order valence-electron chi connectivity index (χ4n) is 3.37. The maximum absolute atomic E-state index is 13.2. The minimum atomic E-state index is -4.54. The fraction of sp³-hybridized carbons (Fsp3) is 0.179. The lowest BCUT2D eigenvalue weighted by Crippen LogP contribution is -2.26. The number of carboxylic acids is 1. The summed E-state index contributed by atoms with van der Waals surface area (Å²) in [7, 11) is 1.55. The molecule has 3 aromatic rings. The second-order valence-corrected chi connectivity index (χ2v) is 8.35. The largest absolute Gasteiger partial charge is 0.508 e. The molecule has 2 amide bonds. The van der Waals surface area contributed by atoms with E-state index >= 15 is 0 Å². The molecule has 0 spiro atoms. The highest BCUT2D eigenvalue weighted by Crippen LogP contribution is 2.39. The Balaban J connectivity index is 0.000000294. The van der Waals surface area contributed by atoms with E-state index in [9.17, 15) is 32.7 Å². The van der Waals surface area contributed by atoms with Crippen molar-refractivity contribution in [2.24, 2.45) is 0 Å². The molecule has 0 aliphatic carbocycles. The quantitative estimate of drug-likeness (QED) is 0.299. The first-order chi connectivity index (χ1) is 18.7. The number of carbonyl (C=O) groups is 3. The van der Waals surface area contributed by atoms with E-state index in [0.29, 0.717) is 6.54 Å². The Kier molecular flexibility index (Phi) is 10.1. The van der Waals surface area contributed by atoms with E-state index in [0.717, 1.165) is 12.1 Å². The molecule has 12 heteroatoms. The highest BCUT2D eigenvalue weighted by molar-refractivity contribution is 6.41. The van der Waals surface area contributed by atoms with Gasteiger partial charge in [0.1, 0.15) is 5.75 Å². The highest BCUT2D eigenvalue weighted by Gasteiger charge is 2.34. The summed E-state index contributed by atoms with van der Waals surface area (Å²) in [5.41, 5.74) is -0.900. The first-order valence-corrected chi connectivity index (χ1v) is 11.6. The van der Waals surface area contributed by atoms with Gasteiger partial charge in [0.05, 0.1) is 39.7 Å². The number of alkyl halides is 3. The molecular weight excluding hydrogens is 529 g/mol. The average molecular weight is 555 g/mol. The Morgan fingerprint density at radius 3 is 2.23 bits per heavy atom. The molecule has 0 aromatic heterocycles. The number of nitrogens with one attached hydrogen (secondary N) is 2. The third-order valence-electron chi connectivity index (χ3n) is 5.55. The number of hydrogen-bond donors (Lipinski definition) is 4. The number of rotatable bonds is 6. The van der Waals surface area contributed by atoms with Crippen molar-refractivity contribution < 1.29 is 37.8 Å². The summed E-state index contributed by atoms with van der Waals surface area (Å²) in [5, 5.41) is 36.6. The number of aromatic carboxylic acids is 1. The number of carboxylic acid groups (broad SMARTS) is 1. The highest BCUT2D eigenvalue weighted by atomic mass is 19.4. The molecule has 0 fully saturated rings. The van der Waals surface area contributed by atoms with Gasteiger partial charge >= 0.3 is 12.1 Å². The van der Waals surface area contributed by atoms with Gasteiger partial charge in [-0.1, -0.05) is 18.2 Å². The molecule has 0 saturated carbocycles. The Morgan fingerprint density at radius 1 is 1.02 bits per heavy atom. The maximum atomic E-state index is 13.2. The van der Waals surface area contributed by atoms with Gasteiger partial charge in [-0.15, -0.1) is 0 Å². The van der Waals surface area contributed by atoms with E-state index in [-0.39, 0.29) is 45.0 Å². The lowest BCUT2D eigenvalue weighted by molar-refractivity contribution is -0.137. The van der Waals surface area contributed by atoms with Gasteiger partial charge in [0.15, 0.2) is 0 Å². The minimum Gasteiger partial charge on any atom is -0.508 e. The van der Waals surface area contributed by atoms with Crippen molar-refractivity contribution >= 4 is 29.2 Å². The van der Waals surface area contributed by atoms with Crippen LogP contribution in [0.5, 0.6) is 5.75 Å². The zero-order valence-electron chi connectivity index (χ0n) is 21.6. The molecule has 0 saturated heterocycles. The number of carbonyl (C=O) groups excluding carboxylic acids is 2. The Hall–Kier alpha value is -5.18. The summed E-state index contributed by atoms with van der Waals surface area (Å²) >= 11 is 0. The first-order valence-electron chi connectivity index (χ1n) is 11.6. The van der Waals surface area contributed by atoms with Crippen LogP contribution < -0.4 is 5.32 Å². The third kappa shape index (κ3) is 7.67. The molecular formula is C28H25F3N4O5. The Bertz CT molecular complexity index is 1500. The second-order valence-electron chi connectivity index (χ2n) is 8.35. The smallest absolute Gasteiger partial charge is 0.417 e. The van der Waals surface area contributed by atoms with Gasteiger partial charge in [-0.25, -0.2) is 4.79 Å². The lowest BCUT2D eigenvalue weighted by atomic mass is 9.94.